The van der Waals surface area contributed by atoms with E-state index in [4.69, 9.17) is 11.6 Å². The molecular weight excluding hydrogens is 252 g/mol. The van der Waals surface area contributed by atoms with Crippen molar-refractivity contribution in [2.45, 2.75) is 27.2 Å². The van der Waals surface area contributed by atoms with Crippen LogP contribution in [-0.2, 0) is 0 Å². The molecule has 2 N–H and O–H groups in total. The van der Waals surface area contributed by atoms with Gasteiger partial charge in [-0.3, -0.25) is 4.79 Å². The number of phenols is 1. The predicted octanol–water partition coefficient (Wildman–Crippen LogP) is 3.20. The largest absolute Gasteiger partial charge is 0.507 e. The predicted molar refractivity (Wildman–Crippen MR) is 73.1 cm³/mol. The molecule has 0 aliphatic carbocycles. The van der Waals surface area contributed by atoms with E-state index < -0.39 is 5.91 Å². The molecule has 1 rings (SSSR count). The van der Waals surface area contributed by atoms with Crippen molar-refractivity contribution in [2.75, 3.05) is 0 Å². The average molecular weight is 269 g/mol. The fourth-order valence-corrected chi connectivity index (χ4v) is 1.47. The lowest BCUT2D eigenvalue weighted by Gasteiger charge is -2.08. The Kier molecular flexibility index (Phi) is 5.16. The van der Waals surface area contributed by atoms with Gasteiger partial charge in [0.1, 0.15) is 5.75 Å². The van der Waals surface area contributed by atoms with E-state index in [2.05, 4.69) is 10.5 Å². The summed E-state index contributed by atoms with van der Waals surface area (Å²) < 4.78 is 0. The third-order valence-corrected chi connectivity index (χ3v) is 3.10. The van der Waals surface area contributed by atoms with Gasteiger partial charge in [-0.15, -0.1) is 0 Å². The van der Waals surface area contributed by atoms with Crippen LogP contribution in [0.15, 0.2) is 23.3 Å². The van der Waals surface area contributed by atoms with Crippen LogP contribution in [-0.4, -0.2) is 16.7 Å². The van der Waals surface area contributed by atoms with Crippen molar-refractivity contribution in [3.05, 3.63) is 28.8 Å². The number of aromatic hydroxyl groups is 1. The Bertz CT molecular complexity index is 472. The molecule has 0 radical (unpaired) electrons. The van der Waals surface area contributed by atoms with Crippen LogP contribution < -0.4 is 5.43 Å². The van der Waals surface area contributed by atoms with Crippen LogP contribution in [0.5, 0.6) is 5.75 Å². The minimum atomic E-state index is -0.474. The van der Waals surface area contributed by atoms with Crippen LogP contribution in [0.3, 0.4) is 0 Å². The zero-order valence-corrected chi connectivity index (χ0v) is 11.5. The lowest BCUT2D eigenvalue weighted by Crippen LogP contribution is -2.21. The molecule has 1 aromatic carbocycles. The summed E-state index contributed by atoms with van der Waals surface area (Å²) in [5.74, 6) is -0.288. The van der Waals surface area contributed by atoms with Crippen molar-refractivity contribution in [3.63, 3.8) is 0 Å². The second kappa shape index (κ2) is 6.40. The number of phenolic OH excluding ortho intramolecular Hbond substituents is 1. The van der Waals surface area contributed by atoms with Gasteiger partial charge in [0.2, 0.25) is 0 Å². The summed E-state index contributed by atoms with van der Waals surface area (Å²) in [4.78, 5) is 11.8. The van der Waals surface area contributed by atoms with E-state index in [-0.39, 0.29) is 11.3 Å². The van der Waals surface area contributed by atoms with Crippen LogP contribution in [0.25, 0.3) is 0 Å². The van der Waals surface area contributed by atoms with Gasteiger partial charge in [-0.05, 0) is 37.5 Å². The second-order valence-electron chi connectivity index (χ2n) is 4.16. The van der Waals surface area contributed by atoms with Crippen molar-refractivity contribution in [1.29, 1.82) is 0 Å². The smallest absolute Gasteiger partial charge is 0.275 e. The van der Waals surface area contributed by atoms with Crippen molar-refractivity contribution < 1.29 is 9.90 Å². The second-order valence-corrected chi connectivity index (χ2v) is 4.60. The summed E-state index contributed by atoms with van der Waals surface area (Å²) in [7, 11) is 0. The first-order chi connectivity index (χ1) is 8.45. The zero-order chi connectivity index (χ0) is 13.7. The number of hydrogen-bond donors (Lipinski definition) is 2. The normalized spacial score (nSPS) is 13.2. The van der Waals surface area contributed by atoms with E-state index >= 15 is 0 Å². The SMILES string of the molecule is CC[C@@H](C)/C(C)=N\NC(=O)c1cc(Cl)ccc1O. The molecule has 0 aliphatic heterocycles. The van der Waals surface area contributed by atoms with Crippen LogP contribution in [0.1, 0.15) is 37.6 Å². The van der Waals surface area contributed by atoms with Gasteiger partial charge >= 0.3 is 0 Å². The highest BCUT2D eigenvalue weighted by Gasteiger charge is 2.11. The molecule has 0 aromatic heterocycles. The summed E-state index contributed by atoms with van der Waals surface area (Å²) in [6.07, 6.45) is 0.952. The lowest BCUT2D eigenvalue weighted by atomic mass is 10.1. The molecule has 0 bridgehead atoms. The van der Waals surface area contributed by atoms with Gasteiger partial charge < -0.3 is 5.11 Å². The molecule has 1 amide bonds. The number of nitrogens with zero attached hydrogens (tertiary/aromatic N) is 1. The summed E-state index contributed by atoms with van der Waals surface area (Å²) in [6.45, 7) is 5.93. The number of carbonyl (C=O) groups is 1. The third-order valence-electron chi connectivity index (χ3n) is 2.86. The highest BCUT2D eigenvalue weighted by atomic mass is 35.5. The van der Waals surface area contributed by atoms with E-state index in [1.54, 1.807) is 0 Å². The minimum Gasteiger partial charge on any atom is -0.507 e. The van der Waals surface area contributed by atoms with Gasteiger partial charge in [-0.25, -0.2) is 5.43 Å². The van der Waals surface area contributed by atoms with Crippen LogP contribution in [0, 0.1) is 5.92 Å². The number of amides is 1. The Labute approximate surface area is 112 Å². The zero-order valence-electron chi connectivity index (χ0n) is 10.7. The molecule has 0 saturated heterocycles. The summed E-state index contributed by atoms with van der Waals surface area (Å²) >= 11 is 5.77. The average Bonchev–Trinajstić information content (AvgIpc) is 2.37. The van der Waals surface area contributed by atoms with Gasteiger partial charge in [-0.1, -0.05) is 25.4 Å². The number of hydrogen-bond acceptors (Lipinski definition) is 3. The molecule has 0 unspecified atom stereocenters. The van der Waals surface area contributed by atoms with Gasteiger partial charge in [0.25, 0.3) is 5.91 Å². The summed E-state index contributed by atoms with van der Waals surface area (Å²) in [6, 6.07) is 4.30. The topological polar surface area (TPSA) is 61.7 Å². The molecular formula is C13H17ClN2O2. The molecule has 0 spiro atoms. The highest BCUT2D eigenvalue weighted by molar-refractivity contribution is 6.31. The monoisotopic (exact) mass is 268 g/mol. The maximum Gasteiger partial charge on any atom is 0.275 e. The van der Waals surface area contributed by atoms with E-state index in [9.17, 15) is 9.90 Å². The number of halogens is 1. The first-order valence-corrected chi connectivity index (χ1v) is 6.16. The minimum absolute atomic E-state index is 0.114. The molecule has 0 saturated carbocycles. The van der Waals surface area contributed by atoms with Crippen LogP contribution >= 0.6 is 11.6 Å². The Morgan fingerprint density at radius 2 is 2.22 bits per heavy atom. The fraction of sp³-hybridized carbons (Fsp3) is 0.385. The van der Waals surface area contributed by atoms with Crippen molar-refractivity contribution in [3.8, 4) is 5.75 Å². The summed E-state index contributed by atoms with van der Waals surface area (Å²) in [5, 5.41) is 14.0. The van der Waals surface area contributed by atoms with Crippen molar-refractivity contribution >= 4 is 23.2 Å². The standard InChI is InChI=1S/C13H17ClN2O2/c1-4-8(2)9(3)15-16-13(18)11-7-10(14)5-6-12(11)17/h5-8,17H,4H2,1-3H3,(H,16,18)/b15-9-/t8-/m1/s1. The molecule has 0 aliphatic rings. The lowest BCUT2D eigenvalue weighted by molar-refractivity contribution is 0.0952. The first-order valence-electron chi connectivity index (χ1n) is 5.78. The Hall–Kier alpha value is -1.55. The molecule has 0 fully saturated rings. The number of nitrogens with one attached hydrogen (secondary N) is 1. The van der Waals surface area contributed by atoms with E-state index in [1.165, 1.54) is 18.2 Å². The Balaban J connectivity index is 2.80. The Morgan fingerprint density at radius 1 is 1.56 bits per heavy atom. The van der Waals surface area contributed by atoms with Crippen molar-refractivity contribution in [2.24, 2.45) is 11.0 Å². The number of benzene rings is 1. The Morgan fingerprint density at radius 3 is 2.83 bits per heavy atom. The maximum atomic E-state index is 11.8. The van der Waals surface area contributed by atoms with Gasteiger partial charge in [0, 0.05) is 10.7 Å². The van der Waals surface area contributed by atoms with E-state index in [1.807, 2.05) is 20.8 Å². The van der Waals surface area contributed by atoms with Crippen molar-refractivity contribution in [1.82, 2.24) is 5.43 Å². The van der Waals surface area contributed by atoms with Gasteiger partial charge in [-0.2, -0.15) is 5.10 Å². The third kappa shape index (κ3) is 3.74. The van der Waals surface area contributed by atoms with Gasteiger partial charge in [0.15, 0.2) is 0 Å². The number of hydrazone groups is 1. The quantitative estimate of drug-likeness (QED) is 0.651. The molecule has 4 nitrogen and oxygen atoms in total. The molecule has 98 valence electrons. The summed E-state index contributed by atoms with van der Waals surface area (Å²) in [5.41, 5.74) is 3.37. The molecule has 18 heavy (non-hydrogen) atoms. The highest BCUT2D eigenvalue weighted by Crippen LogP contribution is 2.21. The first kappa shape index (κ1) is 14.5. The van der Waals surface area contributed by atoms with E-state index in [0.29, 0.717) is 10.9 Å². The molecule has 1 atom stereocenters. The molecule has 5 heteroatoms. The van der Waals surface area contributed by atoms with E-state index in [0.717, 1.165) is 12.1 Å². The fourth-order valence-electron chi connectivity index (χ4n) is 1.29. The van der Waals surface area contributed by atoms with Crippen LogP contribution in [0.4, 0.5) is 0 Å². The van der Waals surface area contributed by atoms with Gasteiger partial charge in [0.05, 0.1) is 5.56 Å². The molecule has 1 aromatic rings. The number of rotatable bonds is 4. The van der Waals surface area contributed by atoms with Crippen LogP contribution in [0.2, 0.25) is 5.02 Å². The molecule has 0 heterocycles. The maximum absolute atomic E-state index is 11.8. The number of carbonyl (C=O) groups excluding carboxylic acids is 1.